The monoisotopic (exact) mass is 484 g/mol. The number of thiazole rings is 1. The Morgan fingerprint density at radius 3 is 2.62 bits per heavy atom. The van der Waals surface area contributed by atoms with E-state index in [4.69, 9.17) is 13.7 Å². The van der Waals surface area contributed by atoms with Crippen LogP contribution in [-0.2, 0) is 19.0 Å². The van der Waals surface area contributed by atoms with Gasteiger partial charge in [0.1, 0.15) is 11.3 Å². The third-order valence-electron chi connectivity index (χ3n) is 5.69. The topological polar surface area (TPSA) is 110 Å². The van der Waals surface area contributed by atoms with Gasteiger partial charge in [-0.15, -0.1) is 0 Å². The fourth-order valence-corrected chi connectivity index (χ4v) is 5.39. The van der Waals surface area contributed by atoms with Crippen molar-refractivity contribution in [2.45, 2.75) is 12.8 Å². The quantitative estimate of drug-likeness (QED) is 0.622. The van der Waals surface area contributed by atoms with Crippen LogP contribution in [-0.4, -0.2) is 83.7 Å². The number of anilines is 2. The SMILES string of the molecule is COc1ccc(N2CCOCC2)c2sc(NC(=O)N3CCC(COS(C)(=O)=O)CC3)nc12. The average Bonchev–Trinajstić information content (AvgIpc) is 3.21. The minimum Gasteiger partial charge on any atom is -0.494 e. The first-order valence-corrected chi connectivity index (χ1v) is 13.2. The summed E-state index contributed by atoms with van der Waals surface area (Å²) in [4.78, 5) is 21.4. The zero-order chi connectivity index (χ0) is 22.7. The molecule has 2 aliphatic rings. The minimum absolute atomic E-state index is 0.122. The molecule has 1 aromatic carbocycles. The van der Waals surface area contributed by atoms with Gasteiger partial charge in [0.25, 0.3) is 10.1 Å². The predicted molar refractivity (Wildman–Crippen MR) is 123 cm³/mol. The summed E-state index contributed by atoms with van der Waals surface area (Å²) in [6.07, 6.45) is 2.43. The number of piperidine rings is 1. The molecule has 1 aromatic heterocycles. The van der Waals surface area contributed by atoms with Gasteiger partial charge >= 0.3 is 6.03 Å². The molecule has 10 nitrogen and oxygen atoms in total. The summed E-state index contributed by atoms with van der Waals surface area (Å²) >= 11 is 1.43. The zero-order valence-electron chi connectivity index (χ0n) is 18.2. The number of rotatable bonds is 6. The third-order valence-corrected chi connectivity index (χ3v) is 7.25. The molecule has 0 bridgehead atoms. The molecular formula is C20H28N4O6S2. The highest BCUT2D eigenvalue weighted by Crippen LogP contribution is 2.39. The highest BCUT2D eigenvalue weighted by atomic mass is 32.2. The van der Waals surface area contributed by atoms with Crippen molar-refractivity contribution in [2.75, 3.05) is 69.6 Å². The number of carbonyl (C=O) groups excluding carboxylic acids is 1. The third kappa shape index (κ3) is 5.42. The van der Waals surface area contributed by atoms with Crippen molar-refractivity contribution in [1.29, 1.82) is 0 Å². The van der Waals surface area contributed by atoms with Crippen LogP contribution in [0.1, 0.15) is 12.8 Å². The first kappa shape index (κ1) is 23.0. The van der Waals surface area contributed by atoms with Gasteiger partial charge in [0.2, 0.25) is 0 Å². The summed E-state index contributed by atoms with van der Waals surface area (Å²) in [6.45, 7) is 4.21. The van der Waals surface area contributed by atoms with E-state index >= 15 is 0 Å². The van der Waals surface area contributed by atoms with Crippen molar-refractivity contribution in [1.82, 2.24) is 9.88 Å². The Labute approximate surface area is 191 Å². The second-order valence-electron chi connectivity index (χ2n) is 7.93. The van der Waals surface area contributed by atoms with Crippen LogP contribution in [0.2, 0.25) is 0 Å². The molecule has 0 unspecified atom stereocenters. The van der Waals surface area contributed by atoms with E-state index in [0.717, 1.165) is 35.2 Å². The summed E-state index contributed by atoms with van der Waals surface area (Å²) in [5, 5.41) is 3.44. The molecule has 1 N–H and O–H groups in total. The van der Waals surface area contributed by atoms with Crippen LogP contribution in [0, 0.1) is 5.92 Å². The fraction of sp³-hybridized carbons (Fsp3) is 0.600. The lowest BCUT2D eigenvalue weighted by molar-refractivity contribution is 0.123. The number of amides is 2. The number of methoxy groups -OCH3 is 1. The van der Waals surface area contributed by atoms with Crippen LogP contribution in [0.5, 0.6) is 5.75 Å². The molecule has 176 valence electrons. The van der Waals surface area contributed by atoms with Gasteiger partial charge in [0, 0.05) is 26.2 Å². The van der Waals surface area contributed by atoms with Gasteiger partial charge in [-0.25, -0.2) is 9.78 Å². The molecule has 2 amide bonds. The van der Waals surface area contributed by atoms with Gasteiger partial charge in [-0.3, -0.25) is 9.50 Å². The summed E-state index contributed by atoms with van der Waals surface area (Å²) in [5.74, 6) is 0.789. The van der Waals surface area contributed by atoms with Crippen molar-refractivity contribution in [3.63, 3.8) is 0 Å². The number of fused-ring (bicyclic) bond motifs is 1. The van der Waals surface area contributed by atoms with Crippen molar-refractivity contribution < 1.29 is 26.9 Å². The Hall–Kier alpha value is -2.15. The van der Waals surface area contributed by atoms with Gasteiger partial charge in [0.05, 0.1) is 43.6 Å². The molecule has 0 spiro atoms. The number of hydrogen-bond acceptors (Lipinski definition) is 9. The van der Waals surface area contributed by atoms with E-state index < -0.39 is 10.1 Å². The molecule has 0 radical (unpaired) electrons. The lowest BCUT2D eigenvalue weighted by atomic mass is 9.98. The van der Waals surface area contributed by atoms with Gasteiger partial charge in [0.15, 0.2) is 5.13 Å². The summed E-state index contributed by atoms with van der Waals surface area (Å²) in [7, 11) is -1.84. The number of hydrogen-bond donors (Lipinski definition) is 1. The van der Waals surface area contributed by atoms with Crippen LogP contribution in [0.15, 0.2) is 12.1 Å². The van der Waals surface area contributed by atoms with E-state index in [9.17, 15) is 13.2 Å². The Morgan fingerprint density at radius 2 is 1.97 bits per heavy atom. The molecule has 2 aromatic rings. The Morgan fingerprint density at radius 1 is 1.25 bits per heavy atom. The number of ether oxygens (including phenoxy) is 2. The first-order valence-electron chi connectivity index (χ1n) is 10.5. The van der Waals surface area contributed by atoms with E-state index in [1.54, 1.807) is 12.0 Å². The standard InChI is InChI=1S/C20H28N4O6S2/c1-28-16-4-3-15(23-9-11-29-12-10-23)18-17(16)21-19(31-18)22-20(25)24-7-5-14(6-8-24)13-30-32(2,26)27/h3-4,14H,5-13H2,1-2H3,(H,21,22,25). The maximum absolute atomic E-state index is 12.8. The van der Waals surface area contributed by atoms with E-state index in [1.165, 1.54) is 11.3 Å². The molecule has 12 heteroatoms. The molecular weight excluding hydrogens is 456 g/mol. The van der Waals surface area contributed by atoms with Crippen LogP contribution in [0.4, 0.5) is 15.6 Å². The van der Waals surface area contributed by atoms with Crippen molar-refractivity contribution in [2.24, 2.45) is 5.92 Å². The number of aromatic nitrogens is 1. The van der Waals surface area contributed by atoms with Crippen molar-refractivity contribution >= 4 is 48.5 Å². The number of nitrogens with zero attached hydrogens (tertiary/aromatic N) is 3. The summed E-state index contributed by atoms with van der Waals surface area (Å²) in [5.41, 5.74) is 1.79. The molecule has 0 atom stereocenters. The molecule has 2 fully saturated rings. The highest BCUT2D eigenvalue weighted by Gasteiger charge is 2.25. The second kappa shape index (κ2) is 9.77. The van der Waals surface area contributed by atoms with E-state index in [1.807, 2.05) is 12.1 Å². The molecule has 32 heavy (non-hydrogen) atoms. The predicted octanol–water partition coefficient (Wildman–Crippen LogP) is 2.36. The normalized spacial score (nSPS) is 18.2. The highest BCUT2D eigenvalue weighted by molar-refractivity contribution is 7.85. The molecule has 2 aliphatic heterocycles. The maximum atomic E-state index is 12.8. The lowest BCUT2D eigenvalue weighted by Crippen LogP contribution is -2.41. The number of morpholine rings is 1. The first-order chi connectivity index (χ1) is 15.3. The van der Waals surface area contributed by atoms with Crippen molar-refractivity contribution in [3.05, 3.63) is 12.1 Å². The van der Waals surface area contributed by atoms with Gasteiger partial charge in [-0.2, -0.15) is 8.42 Å². The molecule has 0 saturated carbocycles. The second-order valence-corrected chi connectivity index (χ2v) is 10.6. The van der Waals surface area contributed by atoms with E-state index in [0.29, 0.717) is 50.0 Å². The van der Waals surface area contributed by atoms with Gasteiger partial charge in [-0.05, 0) is 30.9 Å². The maximum Gasteiger partial charge on any atom is 0.323 e. The van der Waals surface area contributed by atoms with E-state index in [-0.39, 0.29) is 18.6 Å². The minimum atomic E-state index is -3.44. The number of carbonyl (C=O) groups is 1. The smallest absolute Gasteiger partial charge is 0.323 e. The number of urea groups is 1. The molecule has 2 saturated heterocycles. The number of likely N-dealkylation sites (tertiary alicyclic amines) is 1. The average molecular weight is 485 g/mol. The van der Waals surface area contributed by atoms with Gasteiger partial charge < -0.3 is 19.3 Å². The Kier molecular flexibility index (Phi) is 7.03. The summed E-state index contributed by atoms with van der Waals surface area (Å²) in [6, 6.07) is 3.72. The Bertz CT molecular complexity index is 1060. The fourth-order valence-electron chi connectivity index (χ4n) is 3.93. The molecule has 0 aliphatic carbocycles. The van der Waals surface area contributed by atoms with Gasteiger partial charge in [-0.1, -0.05) is 11.3 Å². The molecule has 4 rings (SSSR count). The number of benzene rings is 1. The number of nitrogens with one attached hydrogen (secondary N) is 1. The zero-order valence-corrected chi connectivity index (χ0v) is 19.8. The Balaban J connectivity index is 1.43. The van der Waals surface area contributed by atoms with Crippen LogP contribution in [0.25, 0.3) is 10.2 Å². The van der Waals surface area contributed by atoms with Crippen LogP contribution in [0.3, 0.4) is 0 Å². The lowest BCUT2D eigenvalue weighted by Gasteiger charge is -2.31. The van der Waals surface area contributed by atoms with E-state index in [2.05, 4.69) is 15.2 Å². The van der Waals surface area contributed by atoms with Crippen LogP contribution < -0.4 is 15.0 Å². The largest absolute Gasteiger partial charge is 0.494 e. The van der Waals surface area contributed by atoms with Crippen molar-refractivity contribution in [3.8, 4) is 5.75 Å². The summed E-state index contributed by atoms with van der Waals surface area (Å²) < 4.78 is 39.2. The molecule has 3 heterocycles. The van der Waals surface area contributed by atoms with Crippen LogP contribution >= 0.6 is 11.3 Å².